The monoisotopic (exact) mass is 716 g/mol. The maximum Gasteiger partial charge on any atom is 0.282 e. The number of halogens is 2. The van der Waals surface area contributed by atoms with Crippen LogP contribution in [0.3, 0.4) is 0 Å². The number of fused-ring (bicyclic) bond motifs is 1. The number of carbonyl (C=O) groups excluding carboxylic acids is 1. The number of hydrogen-bond donors (Lipinski definition) is 1. The topological polar surface area (TPSA) is 94.8 Å². The van der Waals surface area contributed by atoms with Crippen molar-refractivity contribution in [3.05, 3.63) is 89.9 Å². The summed E-state index contributed by atoms with van der Waals surface area (Å²) in [6.07, 6.45) is 2.41. The fraction of sp³-hybridized carbons (Fsp3) is 0.267. The Kier molecular flexibility index (Phi) is 9.96. The van der Waals surface area contributed by atoms with Gasteiger partial charge in [0.15, 0.2) is 18.1 Å². The normalized spacial score (nSPS) is 12.1. The highest BCUT2D eigenvalue weighted by atomic mass is 127. The van der Waals surface area contributed by atoms with E-state index >= 15 is 0 Å². The molecule has 3 aromatic carbocycles. The molecule has 0 radical (unpaired) electrons. The van der Waals surface area contributed by atoms with Gasteiger partial charge in [-0.2, -0.15) is 9.78 Å². The predicted molar refractivity (Wildman–Crippen MR) is 171 cm³/mol. The molecular weight excluding hydrogens is 687 g/mol. The third-order valence-electron chi connectivity index (χ3n) is 6.22. The first-order valence-corrected chi connectivity index (χ1v) is 14.8. The molecule has 4 aromatic rings. The lowest BCUT2D eigenvalue weighted by atomic mass is 10.1. The van der Waals surface area contributed by atoms with Crippen LogP contribution in [0.4, 0.5) is 5.69 Å². The van der Waals surface area contributed by atoms with Crippen molar-refractivity contribution in [2.24, 2.45) is 5.10 Å². The van der Waals surface area contributed by atoms with Crippen LogP contribution in [0.5, 0.6) is 11.5 Å². The van der Waals surface area contributed by atoms with Crippen molar-refractivity contribution in [1.82, 2.24) is 9.66 Å². The summed E-state index contributed by atoms with van der Waals surface area (Å²) in [7, 11) is 0. The number of carbonyl (C=O) groups is 1. The lowest BCUT2D eigenvalue weighted by molar-refractivity contribution is -0.118. The zero-order valence-corrected chi connectivity index (χ0v) is 26.4. The van der Waals surface area contributed by atoms with Gasteiger partial charge in [-0.3, -0.25) is 9.59 Å². The average Bonchev–Trinajstić information content (AvgIpc) is 2.93. The van der Waals surface area contributed by atoms with E-state index in [2.05, 4.69) is 48.9 Å². The summed E-state index contributed by atoms with van der Waals surface area (Å²) in [5, 5.41) is 7.87. The van der Waals surface area contributed by atoms with Gasteiger partial charge >= 0.3 is 0 Å². The molecule has 1 aromatic heterocycles. The first kappa shape index (κ1) is 29.7. The number of ether oxygens (including phenoxy) is 2. The third kappa shape index (κ3) is 7.08. The number of amides is 1. The largest absolute Gasteiger partial charge is 0.490 e. The highest BCUT2D eigenvalue weighted by Gasteiger charge is 2.17. The summed E-state index contributed by atoms with van der Waals surface area (Å²) >= 11 is 5.58. The van der Waals surface area contributed by atoms with Gasteiger partial charge in [0.25, 0.3) is 11.5 Å². The highest BCUT2D eigenvalue weighted by Crippen LogP contribution is 2.34. The molecule has 0 aliphatic carbocycles. The maximum atomic E-state index is 13.4. The molecule has 0 aliphatic rings. The summed E-state index contributed by atoms with van der Waals surface area (Å²) in [5.74, 6) is 1.29. The molecule has 0 bridgehead atoms. The van der Waals surface area contributed by atoms with E-state index < -0.39 is 0 Å². The van der Waals surface area contributed by atoms with Gasteiger partial charge in [-0.05, 0) is 90.9 Å². The number of benzene rings is 3. The first-order chi connectivity index (χ1) is 19.2. The molecule has 8 nitrogen and oxygen atoms in total. The zero-order valence-electron chi connectivity index (χ0n) is 22.7. The van der Waals surface area contributed by atoms with E-state index in [9.17, 15) is 9.59 Å². The number of anilines is 1. The van der Waals surface area contributed by atoms with Gasteiger partial charge in [0.2, 0.25) is 0 Å². The lowest BCUT2D eigenvalue weighted by Crippen LogP contribution is -2.23. The van der Waals surface area contributed by atoms with Gasteiger partial charge in [0.1, 0.15) is 5.82 Å². The van der Waals surface area contributed by atoms with Crippen molar-refractivity contribution >= 4 is 67.2 Å². The summed E-state index contributed by atoms with van der Waals surface area (Å²) in [4.78, 5) is 30.7. The van der Waals surface area contributed by atoms with Crippen molar-refractivity contribution in [2.45, 2.75) is 40.0 Å². The lowest BCUT2D eigenvalue weighted by Gasteiger charge is -2.15. The van der Waals surface area contributed by atoms with Crippen molar-refractivity contribution in [3.8, 4) is 11.5 Å². The standard InChI is InChI=1S/C30H30BrIN4O4/c1-5-19(4)29-35-25-12-9-21(31)15-23(25)30(38)36(29)33-16-20-13-24(32)28(26(14-20)39-6-2)40-17-27(37)34-22-10-7-18(3)8-11-22/h7-16,19H,5-6,17H2,1-4H3,(H,34,37)/t19-/m0/s1. The molecule has 0 saturated heterocycles. The first-order valence-electron chi connectivity index (χ1n) is 12.9. The van der Waals surface area contributed by atoms with Crippen LogP contribution >= 0.6 is 38.5 Å². The van der Waals surface area contributed by atoms with Crippen LogP contribution in [0.1, 0.15) is 50.1 Å². The quantitative estimate of drug-likeness (QED) is 0.143. The number of rotatable bonds is 10. The molecular formula is C30H30BrIN4O4. The van der Waals surface area contributed by atoms with Crippen molar-refractivity contribution < 1.29 is 14.3 Å². The molecule has 4 rings (SSSR count). The van der Waals surface area contributed by atoms with Gasteiger partial charge in [-0.15, -0.1) is 0 Å². The predicted octanol–water partition coefficient (Wildman–Crippen LogP) is 6.88. The van der Waals surface area contributed by atoms with Crippen molar-refractivity contribution in [1.29, 1.82) is 0 Å². The minimum absolute atomic E-state index is 0.0267. The fourth-order valence-corrected chi connectivity index (χ4v) is 5.08. The minimum Gasteiger partial charge on any atom is -0.490 e. The zero-order chi connectivity index (χ0) is 28.8. The van der Waals surface area contributed by atoms with Crippen LogP contribution in [0.25, 0.3) is 10.9 Å². The van der Waals surface area contributed by atoms with E-state index in [4.69, 9.17) is 14.5 Å². The van der Waals surface area contributed by atoms with Crippen molar-refractivity contribution in [3.63, 3.8) is 0 Å². The smallest absolute Gasteiger partial charge is 0.282 e. The molecule has 0 unspecified atom stereocenters. The van der Waals surface area contributed by atoms with E-state index in [-0.39, 0.29) is 24.0 Å². The van der Waals surface area contributed by atoms with Crippen LogP contribution in [-0.2, 0) is 4.79 Å². The number of hydrogen-bond acceptors (Lipinski definition) is 6. The Bertz CT molecular complexity index is 1620. The molecule has 0 aliphatic heterocycles. The van der Waals surface area contributed by atoms with Gasteiger partial charge in [0.05, 0.1) is 27.3 Å². The number of aromatic nitrogens is 2. The molecule has 0 saturated carbocycles. The summed E-state index contributed by atoms with van der Waals surface area (Å²) < 4.78 is 14.6. The highest BCUT2D eigenvalue weighted by molar-refractivity contribution is 14.1. The molecule has 40 heavy (non-hydrogen) atoms. The van der Waals surface area contributed by atoms with Crippen LogP contribution < -0.4 is 20.3 Å². The SMILES string of the molecule is CCOc1cc(C=Nn2c([C@@H](C)CC)nc3ccc(Br)cc3c2=O)cc(I)c1OCC(=O)Nc1ccc(C)cc1. The second-order valence-corrected chi connectivity index (χ2v) is 11.3. The van der Waals surface area contributed by atoms with E-state index in [1.54, 1.807) is 18.3 Å². The van der Waals surface area contributed by atoms with Crippen LogP contribution in [0.2, 0.25) is 0 Å². The Labute approximate surface area is 255 Å². The Balaban J connectivity index is 1.62. The number of aryl methyl sites for hydroxylation is 1. The summed E-state index contributed by atoms with van der Waals surface area (Å²) in [6, 6.07) is 16.7. The molecule has 0 spiro atoms. The number of nitrogens with one attached hydrogen (secondary N) is 1. The summed E-state index contributed by atoms with van der Waals surface area (Å²) in [5.41, 5.74) is 2.92. The Hall–Kier alpha value is -3.25. The van der Waals surface area contributed by atoms with E-state index in [0.717, 1.165) is 20.0 Å². The molecule has 1 amide bonds. The van der Waals surface area contributed by atoms with Crippen LogP contribution in [0.15, 0.2) is 69.0 Å². The Morgan fingerprint density at radius 3 is 2.60 bits per heavy atom. The van der Waals surface area contributed by atoms with Crippen LogP contribution in [-0.4, -0.2) is 35.0 Å². The maximum absolute atomic E-state index is 13.4. The molecule has 1 N–H and O–H groups in total. The number of nitrogens with zero attached hydrogens (tertiary/aromatic N) is 3. The third-order valence-corrected chi connectivity index (χ3v) is 7.52. The van der Waals surface area contributed by atoms with E-state index in [0.29, 0.717) is 46.1 Å². The fourth-order valence-electron chi connectivity index (χ4n) is 3.94. The van der Waals surface area contributed by atoms with E-state index in [1.807, 2.05) is 70.2 Å². The molecule has 10 heteroatoms. The molecule has 208 valence electrons. The van der Waals surface area contributed by atoms with Gasteiger partial charge in [0, 0.05) is 16.1 Å². The summed E-state index contributed by atoms with van der Waals surface area (Å²) in [6.45, 7) is 8.16. The van der Waals surface area contributed by atoms with E-state index in [1.165, 1.54) is 4.68 Å². The van der Waals surface area contributed by atoms with Crippen molar-refractivity contribution in [2.75, 3.05) is 18.5 Å². The minimum atomic E-state index is -0.278. The second-order valence-electron chi connectivity index (χ2n) is 9.27. The molecule has 0 fully saturated rings. The average molecular weight is 717 g/mol. The van der Waals surface area contributed by atoms with Gasteiger partial charge < -0.3 is 14.8 Å². The van der Waals surface area contributed by atoms with Crippen LogP contribution in [0, 0.1) is 10.5 Å². The Morgan fingerprint density at radius 1 is 1.15 bits per heavy atom. The molecule has 1 heterocycles. The van der Waals surface area contributed by atoms with Gasteiger partial charge in [-0.1, -0.05) is 47.5 Å². The molecule has 1 atom stereocenters. The Morgan fingerprint density at radius 2 is 1.90 bits per heavy atom. The van der Waals surface area contributed by atoms with Gasteiger partial charge in [-0.25, -0.2) is 4.98 Å². The second kappa shape index (κ2) is 13.4.